The molecule has 1 fully saturated rings. The fraction of sp³-hybridized carbons (Fsp3) is 0.611. The van der Waals surface area contributed by atoms with Gasteiger partial charge < -0.3 is 5.11 Å². The van der Waals surface area contributed by atoms with Gasteiger partial charge in [-0.1, -0.05) is 45.0 Å². The molecular weight excluding hydrogens is 262 g/mol. The number of benzene rings is 1. The molecule has 1 aliphatic heterocycles. The topological polar surface area (TPSA) is 40.5 Å². The molecule has 2 unspecified atom stereocenters. The smallest absolute Gasteiger partial charge is 0.306 e. The molecule has 0 bridgehead atoms. The second-order valence-corrected chi connectivity index (χ2v) is 7.33. The molecule has 1 saturated heterocycles. The molecule has 1 aliphatic rings. The number of likely N-dealkylation sites (tertiary alicyclic amines) is 1. The third-order valence-electron chi connectivity index (χ3n) is 4.57. The van der Waals surface area contributed by atoms with E-state index in [2.05, 4.69) is 56.9 Å². The van der Waals surface area contributed by atoms with Gasteiger partial charge in [-0.2, -0.15) is 0 Å². The average molecular weight is 289 g/mol. The van der Waals surface area contributed by atoms with Crippen molar-refractivity contribution in [3.63, 3.8) is 0 Å². The van der Waals surface area contributed by atoms with Gasteiger partial charge in [0.05, 0.1) is 5.92 Å². The van der Waals surface area contributed by atoms with Crippen LogP contribution in [0.4, 0.5) is 0 Å². The summed E-state index contributed by atoms with van der Waals surface area (Å²) >= 11 is 0. The minimum absolute atomic E-state index is 0.167. The van der Waals surface area contributed by atoms with Crippen LogP contribution in [0.5, 0.6) is 0 Å². The van der Waals surface area contributed by atoms with Gasteiger partial charge in [-0.15, -0.1) is 0 Å². The lowest BCUT2D eigenvalue weighted by Crippen LogP contribution is -2.42. The number of rotatable bonds is 3. The maximum atomic E-state index is 11.1. The Labute approximate surface area is 128 Å². The van der Waals surface area contributed by atoms with Crippen LogP contribution in [0.1, 0.15) is 51.7 Å². The van der Waals surface area contributed by atoms with E-state index < -0.39 is 5.97 Å². The van der Waals surface area contributed by atoms with Crippen molar-refractivity contribution in [1.82, 2.24) is 4.90 Å². The number of carboxylic acid groups (broad SMARTS) is 1. The van der Waals surface area contributed by atoms with Crippen LogP contribution in [0.25, 0.3) is 0 Å². The van der Waals surface area contributed by atoms with Crippen LogP contribution in [-0.4, -0.2) is 28.6 Å². The Morgan fingerprint density at radius 3 is 2.38 bits per heavy atom. The van der Waals surface area contributed by atoms with Crippen LogP contribution in [-0.2, 0) is 16.8 Å². The Bertz CT molecular complexity index is 487. The molecule has 0 radical (unpaired) electrons. The van der Waals surface area contributed by atoms with Gasteiger partial charge in [-0.05, 0) is 42.9 Å². The minimum Gasteiger partial charge on any atom is -0.481 e. The predicted octanol–water partition coefficient (Wildman–Crippen LogP) is 3.67. The Balaban J connectivity index is 1.98. The normalized spacial score (nSPS) is 24.0. The van der Waals surface area contributed by atoms with Crippen LogP contribution in [0.2, 0.25) is 0 Å². The summed E-state index contributed by atoms with van der Waals surface area (Å²) in [5.41, 5.74) is 2.85. The quantitative estimate of drug-likeness (QED) is 0.923. The highest BCUT2D eigenvalue weighted by atomic mass is 16.4. The average Bonchev–Trinajstić information content (AvgIpc) is 2.40. The van der Waals surface area contributed by atoms with E-state index in [0.717, 1.165) is 25.9 Å². The highest BCUT2D eigenvalue weighted by Crippen LogP contribution is 2.26. The Hall–Kier alpha value is -1.35. The lowest BCUT2D eigenvalue weighted by atomic mass is 9.86. The summed E-state index contributed by atoms with van der Waals surface area (Å²) < 4.78 is 0. The number of nitrogens with zero attached hydrogens (tertiary/aromatic N) is 1. The number of hydrogen-bond donors (Lipinski definition) is 1. The molecule has 1 aromatic carbocycles. The first-order chi connectivity index (χ1) is 9.77. The summed E-state index contributed by atoms with van der Waals surface area (Å²) in [5.74, 6) is -0.810. The summed E-state index contributed by atoms with van der Waals surface area (Å²) in [6.45, 7) is 10.6. The van der Waals surface area contributed by atoms with Crippen molar-refractivity contribution >= 4 is 5.97 Å². The van der Waals surface area contributed by atoms with Gasteiger partial charge in [0.1, 0.15) is 0 Å². The molecule has 0 aromatic heterocycles. The monoisotopic (exact) mass is 289 g/mol. The van der Waals surface area contributed by atoms with Crippen molar-refractivity contribution in [1.29, 1.82) is 0 Å². The number of carboxylic acids is 1. The zero-order chi connectivity index (χ0) is 15.6. The van der Waals surface area contributed by atoms with E-state index in [0.29, 0.717) is 6.04 Å². The third kappa shape index (κ3) is 4.07. The van der Waals surface area contributed by atoms with Crippen LogP contribution in [0.15, 0.2) is 24.3 Å². The first kappa shape index (κ1) is 16.0. The van der Waals surface area contributed by atoms with E-state index in [1.807, 2.05) is 0 Å². The summed E-state index contributed by atoms with van der Waals surface area (Å²) in [7, 11) is 0. The summed E-state index contributed by atoms with van der Waals surface area (Å²) in [4.78, 5) is 13.5. The number of carbonyl (C=O) groups is 1. The van der Waals surface area contributed by atoms with Crippen LogP contribution in [0, 0.1) is 5.92 Å². The van der Waals surface area contributed by atoms with Gasteiger partial charge in [0.25, 0.3) is 0 Å². The fourth-order valence-corrected chi connectivity index (χ4v) is 3.02. The van der Waals surface area contributed by atoms with Crippen LogP contribution in [0.3, 0.4) is 0 Å². The van der Waals surface area contributed by atoms with Crippen molar-refractivity contribution in [2.24, 2.45) is 5.92 Å². The third-order valence-corrected chi connectivity index (χ3v) is 4.57. The van der Waals surface area contributed by atoms with Crippen molar-refractivity contribution in [3.8, 4) is 0 Å². The molecule has 3 nitrogen and oxygen atoms in total. The van der Waals surface area contributed by atoms with Gasteiger partial charge in [-0.3, -0.25) is 9.69 Å². The molecule has 21 heavy (non-hydrogen) atoms. The maximum absolute atomic E-state index is 11.1. The fourth-order valence-electron chi connectivity index (χ4n) is 3.02. The molecule has 0 aliphatic carbocycles. The Morgan fingerprint density at radius 1 is 1.29 bits per heavy atom. The van der Waals surface area contributed by atoms with Gasteiger partial charge in [0.2, 0.25) is 0 Å². The SMILES string of the molecule is CC1CC(C(=O)O)CCN1Cc1ccc(C(C)(C)C)cc1. The first-order valence-electron chi connectivity index (χ1n) is 7.83. The predicted molar refractivity (Wildman–Crippen MR) is 85.4 cm³/mol. The zero-order valence-corrected chi connectivity index (χ0v) is 13.6. The molecule has 0 spiro atoms. The van der Waals surface area contributed by atoms with E-state index in [1.165, 1.54) is 11.1 Å². The van der Waals surface area contributed by atoms with Crippen molar-refractivity contribution in [3.05, 3.63) is 35.4 Å². The van der Waals surface area contributed by atoms with E-state index in [4.69, 9.17) is 5.11 Å². The lowest BCUT2D eigenvalue weighted by Gasteiger charge is -2.36. The standard InChI is InChI=1S/C18H27NO2/c1-13-11-15(17(20)21)9-10-19(13)12-14-5-7-16(8-6-14)18(2,3)4/h5-8,13,15H,9-12H2,1-4H3,(H,20,21). The molecule has 2 atom stereocenters. The second kappa shape index (κ2) is 6.18. The molecular formula is C18H27NO2. The van der Waals surface area contributed by atoms with E-state index in [-0.39, 0.29) is 11.3 Å². The minimum atomic E-state index is -0.643. The largest absolute Gasteiger partial charge is 0.481 e. The van der Waals surface area contributed by atoms with Crippen molar-refractivity contribution in [2.45, 2.75) is 58.5 Å². The molecule has 3 heteroatoms. The van der Waals surface area contributed by atoms with Crippen LogP contribution >= 0.6 is 0 Å². The summed E-state index contributed by atoms with van der Waals surface area (Å²) in [6.07, 6.45) is 1.52. The summed E-state index contributed by atoms with van der Waals surface area (Å²) in [6, 6.07) is 9.17. The molecule has 0 amide bonds. The molecule has 1 aromatic rings. The lowest BCUT2D eigenvalue weighted by molar-refractivity contribution is -0.144. The Kier molecular flexibility index (Phi) is 4.72. The van der Waals surface area contributed by atoms with Gasteiger partial charge in [-0.25, -0.2) is 0 Å². The highest BCUT2D eigenvalue weighted by Gasteiger charge is 2.29. The van der Waals surface area contributed by atoms with E-state index in [9.17, 15) is 4.79 Å². The number of aliphatic carboxylic acids is 1. The molecule has 1 heterocycles. The maximum Gasteiger partial charge on any atom is 0.306 e. The number of piperidine rings is 1. The Morgan fingerprint density at radius 2 is 1.90 bits per heavy atom. The molecule has 116 valence electrons. The number of hydrogen-bond acceptors (Lipinski definition) is 2. The van der Waals surface area contributed by atoms with Gasteiger partial charge in [0.15, 0.2) is 0 Å². The highest BCUT2D eigenvalue weighted by molar-refractivity contribution is 5.70. The van der Waals surface area contributed by atoms with Crippen molar-refractivity contribution < 1.29 is 9.90 Å². The molecule has 1 N–H and O–H groups in total. The summed E-state index contributed by atoms with van der Waals surface area (Å²) in [5, 5.41) is 9.12. The van der Waals surface area contributed by atoms with Gasteiger partial charge in [0, 0.05) is 12.6 Å². The zero-order valence-electron chi connectivity index (χ0n) is 13.6. The van der Waals surface area contributed by atoms with Gasteiger partial charge >= 0.3 is 5.97 Å². The molecule has 2 rings (SSSR count). The van der Waals surface area contributed by atoms with Crippen LogP contribution < -0.4 is 0 Å². The first-order valence-corrected chi connectivity index (χ1v) is 7.83. The second-order valence-electron chi connectivity index (χ2n) is 7.33. The van der Waals surface area contributed by atoms with Crippen molar-refractivity contribution in [2.75, 3.05) is 6.54 Å². The van der Waals surface area contributed by atoms with E-state index >= 15 is 0 Å². The molecule has 0 saturated carbocycles. The van der Waals surface area contributed by atoms with E-state index in [1.54, 1.807) is 0 Å².